The Bertz CT molecular complexity index is 434. The molecule has 1 aromatic rings. The Balaban J connectivity index is 0.000000379. The molecule has 0 radical (unpaired) electrons. The molecular weight excluding hydrogens is 298 g/mol. The summed E-state index contributed by atoms with van der Waals surface area (Å²) in [6, 6.07) is 9.73. The minimum Gasteiger partial charge on any atom is -0.359 e. The number of rotatable bonds is 6. The molecular formula is C18H28F2N2O. The zero-order valence-corrected chi connectivity index (χ0v) is 14.1. The van der Waals surface area contributed by atoms with Crippen molar-refractivity contribution >= 4 is 5.91 Å². The molecule has 23 heavy (non-hydrogen) atoms. The molecule has 3 nitrogen and oxygen atoms in total. The van der Waals surface area contributed by atoms with E-state index in [1.54, 1.807) is 7.05 Å². The lowest BCUT2D eigenvalue weighted by Crippen LogP contribution is -2.35. The predicted octanol–water partition coefficient (Wildman–Crippen LogP) is 3.49. The van der Waals surface area contributed by atoms with E-state index in [2.05, 4.69) is 17.4 Å². The first-order valence-corrected chi connectivity index (χ1v) is 8.35. The van der Waals surface area contributed by atoms with Crippen LogP contribution in [0.4, 0.5) is 8.78 Å². The Hall–Kier alpha value is -1.49. The first kappa shape index (κ1) is 19.6. The number of hydrogen-bond acceptors (Lipinski definition) is 2. The lowest BCUT2D eigenvalue weighted by molar-refractivity contribution is -0.120. The van der Waals surface area contributed by atoms with E-state index < -0.39 is 12.5 Å². The largest absolute Gasteiger partial charge is 0.359 e. The maximum Gasteiger partial charge on any atom is 0.253 e. The summed E-state index contributed by atoms with van der Waals surface area (Å²) in [6.07, 6.45) is 1.91. The Kier molecular flexibility index (Phi) is 9.45. The Labute approximate surface area is 138 Å². The molecule has 0 bridgehead atoms. The number of carbonyl (C=O) groups is 1. The zero-order chi connectivity index (χ0) is 17.1. The van der Waals surface area contributed by atoms with E-state index >= 15 is 0 Å². The Morgan fingerprint density at radius 3 is 2.57 bits per heavy atom. The van der Waals surface area contributed by atoms with Crippen LogP contribution >= 0.6 is 0 Å². The third kappa shape index (κ3) is 7.55. The number of halogens is 2. The fourth-order valence-corrected chi connectivity index (χ4v) is 2.72. The first-order valence-electron chi connectivity index (χ1n) is 8.35. The van der Waals surface area contributed by atoms with Crippen molar-refractivity contribution in [3.8, 4) is 0 Å². The summed E-state index contributed by atoms with van der Waals surface area (Å²) in [4.78, 5) is 12.0. The molecule has 1 aliphatic heterocycles. The molecule has 130 valence electrons. The normalized spacial score (nSPS) is 17.7. The van der Waals surface area contributed by atoms with Crippen LogP contribution in [-0.2, 0) is 11.2 Å². The van der Waals surface area contributed by atoms with Crippen molar-refractivity contribution in [3.05, 3.63) is 35.9 Å². The van der Waals surface area contributed by atoms with Gasteiger partial charge in [0.05, 0.1) is 6.04 Å². The molecule has 2 rings (SSSR count). The molecule has 1 aromatic carbocycles. The highest BCUT2D eigenvalue weighted by atomic mass is 19.3. The molecule has 1 amide bonds. The monoisotopic (exact) mass is 326 g/mol. The number of carbonyl (C=O) groups excluding carboxylic acids is 1. The van der Waals surface area contributed by atoms with Crippen LogP contribution in [0.3, 0.4) is 0 Å². The van der Waals surface area contributed by atoms with Crippen molar-refractivity contribution in [2.45, 2.75) is 51.5 Å². The van der Waals surface area contributed by atoms with Crippen molar-refractivity contribution in [2.24, 2.45) is 0 Å². The molecule has 1 aliphatic rings. The summed E-state index contributed by atoms with van der Waals surface area (Å²) >= 11 is 0. The van der Waals surface area contributed by atoms with Crippen molar-refractivity contribution in [1.29, 1.82) is 0 Å². The molecule has 0 aliphatic carbocycles. The van der Waals surface area contributed by atoms with Gasteiger partial charge < -0.3 is 5.32 Å². The molecule has 5 heteroatoms. The standard InChI is InChI=1S/C14H19F2N.C4H9NO/c15-14(16)13-9-5-11-17(13)10-4-8-12-6-2-1-3-7-12;1-3-4(6)5-2/h1-3,6-7,13-14H,4-5,8-11H2;3H2,1-2H3,(H,5,6). The maximum absolute atomic E-state index is 12.7. The number of amides is 1. The smallest absolute Gasteiger partial charge is 0.253 e. The minimum atomic E-state index is -2.19. The predicted molar refractivity (Wildman–Crippen MR) is 89.7 cm³/mol. The molecule has 1 saturated heterocycles. The topological polar surface area (TPSA) is 32.3 Å². The first-order chi connectivity index (χ1) is 11.1. The second kappa shape index (κ2) is 11.1. The molecule has 1 fully saturated rings. The van der Waals surface area contributed by atoms with Crippen molar-refractivity contribution < 1.29 is 13.6 Å². The third-order valence-electron chi connectivity index (χ3n) is 4.06. The molecule has 1 atom stereocenters. The highest BCUT2D eigenvalue weighted by Gasteiger charge is 2.31. The molecule has 1 unspecified atom stereocenters. The van der Waals surface area contributed by atoms with Crippen LogP contribution < -0.4 is 5.32 Å². The van der Waals surface area contributed by atoms with Gasteiger partial charge in [-0.2, -0.15) is 0 Å². The van der Waals surface area contributed by atoms with E-state index in [1.165, 1.54) is 5.56 Å². The van der Waals surface area contributed by atoms with Gasteiger partial charge in [0, 0.05) is 13.5 Å². The van der Waals surface area contributed by atoms with Crippen molar-refractivity contribution in [3.63, 3.8) is 0 Å². The zero-order valence-electron chi connectivity index (χ0n) is 14.1. The summed E-state index contributed by atoms with van der Waals surface area (Å²) in [7, 11) is 1.63. The number of nitrogens with zero attached hydrogens (tertiary/aromatic N) is 1. The van der Waals surface area contributed by atoms with Gasteiger partial charge in [-0.3, -0.25) is 9.69 Å². The lowest BCUT2D eigenvalue weighted by atomic mass is 10.1. The van der Waals surface area contributed by atoms with E-state index in [1.807, 2.05) is 30.0 Å². The number of nitrogens with one attached hydrogen (secondary N) is 1. The summed E-state index contributed by atoms with van der Waals surface area (Å²) in [5, 5.41) is 2.48. The van der Waals surface area contributed by atoms with E-state index in [0.29, 0.717) is 12.8 Å². The van der Waals surface area contributed by atoms with Gasteiger partial charge in [0.1, 0.15) is 0 Å². The van der Waals surface area contributed by atoms with E-state index in [-0.39, 0.29) is 5.91 Å². The van der Waals surface area contributed by atoms with Crippen LogP contribution in [0.2, 0.25) is 0 Å². The number of aryl methyl sites for hydroxylation is 1. The molecule has 0 spiro atoms. The average Bonchev–Trinajstić information content (AvgIpc) is 3.04. The van der Waals surface area contributed by atoms with Gasteiger partial charge in [0.25, 0.3) is 6.43 Å². The van der Waals surface area contributed by atoms with Gasteiger partial charge in [0.2, 0.25) is 5.91 Å². The second-order valence-corrected chi connectivity index (χ2v) is 5.70. The summed E-state index contributed by atoms with van der Waals surface area (Å²) < 4.78 is 25.4. The highest BCUT2D eigenvalue weighted by molar-refractivity contribution is 5.74. The van der Waals surface area contributed by atoms with Crippen molar-refractivity contribution in [2.75, 3.05) is 20.1 Å². The minimum absolute atomic E-state index is 0.0926. The lowest BCUT2D eigenvalue weighted by Gasteiger charge is -2.23. The number of benzene rings is 1. The Morgan fingerprint density at radius 1 is 1.35 bits per heavy atom. The number of hydrogen-bond donors (Lipinski definition) is 1. The summed E-state index contributed by atoms with van der Waals surface area (Å²) in [5.41, 5.74) is 1.29. The second-order valence-electron chi connectivity index (χ2n) is 5.70. The van der Waals surface area contributed by atoms with E-state index in [9.17, 15) is 13.6 Å². The summed E-state index contributed by atoms with van der Waals surface area (Å²) in [5.74, 6) is 0.0926. The van der Waals surface area contributed by atoms with Crippen LogP contribution in [0.25, 0.3) is 0 Å². The van der Waals surface area contributed by atoms with Gasteiger partial charge in [-0.15, -0.1) is 0 Å². The fourth-order valence-electron chi connectivity index (χ4n) is 2.72. The van der Waals surface area contributed by atoms with Crippen LogP contribution in [0.5, 0.6) is 0 Å². The Morgan fingerprint density at radius 2 is 2.04 bits per heavy atom. The number of alkyl halides is 2. The molecule has 0 saturated carbocycles. The maximum atomic E-state index is 12.7. The van der Waals surface area contributed by atoms with Gasteiger partial charge in [0.15, 0.2) is 0 Å². The van der Waals surface area contributed by atoms with Crippen LogP contribution in [0.1, 0.15) is 38.2 Å². The molecule has 1 N–H and O–H groups in total. The average molecular weight is 326 g/mol. The quantitative estimate of drug-likeness (QED) is 0.868. The fraction of sp³-hybridized carbons (Fsp3) is 0.611. The van der Waals surface area contributed by atoms with Gasteiger partial charge >= 0.3 is 0 Å². The van der Waals surface area contributed by atoms with E-state index in [4.69, 9.17) is 0 Å². The highest BCUT2D eigenvalue weighted by Crippen LogP contribution is 2.23. The summed E-state index contributed by atoms with van der Waals surface area (Å²) in [6.45, 7) is 3.45. The van der Waals surface area contributed by atoms with Gasteiger partial charge in [-0.1, -0.05) is 37.3 Å². The van der Waals surface area contributed by atoms with Gasteiger partial charge in [-0.05, 0) is 44.3 Å². The van der Waals surface area contributed by atoms with Crippen LogP contribution in [0, 0.1) is 0 Å². The van der Waals surface area contributed by atoms with Crippen LogP contribution in [0.15, 0.2) is 30.3 Å². The third-order valence-corrected chi connectivity index (χ3v) is 4.06. The molecule has 0 aromatic heterocycles. The van der Waals surface area contributed by atoms with Gasteiger partial charge in [-0.25, -0.2) is 8.78 Å². The van der Waals surface area contributed by atoms with Crippen LogP contribution in [-0.4, -0.2) is 43.4 Å². The number of likely N-dealkylation sites (tertiary alicyclic amines) is 1. The SMILES string of the molecule is CCC(=O)NC.FC(F)C1CCCN1CCCc1ccccc1. The van der Waals surface area contributed by atoms with E-state index in [0.717, 1.165) is 32.4 Å². The van der Waals surface area contributed by atoms with Crippen molar-refractivity contribution in [1.82, 2.24) is 10.2 Å². The molecule has 1 heterocycles.